The average Bonchev–Trinajstić information content (AvgIpc) is 2.83. The molecule has 1 aromatic rings. The van der Waals surface area contributed by atoms with Gasteiger partial charge in [-0.1, -0.05) is 0 Å². The molecule has 0 radical (unpaired) electrons. The maximum absolute atomic E-state index is 11.2. The highest BCUT2D eigenvalue weighted by Gasteiger charge is 2.45. The predicted molar refractivity (Wildman–Crippen MR) is 75.0 cm³/mol. The van der Waals surface area contributed by atoms with E-state index in [0.717, 1.165) is 11.3 Å². The number of likely N-dealkylation sites (tertiary alicyclic amines) is 1. The fourth-order valence-electron chi connectivity index (χ4n) is 3.39. The number of hydrogen-bond acceptors (Lipinski definition) is 4. The molecule has 6 heteroatoms. The molecule has 2 aliphatic heterocycles. The van der Waals surface area contributed by atoms with Crippen LogP contribution in [0.25, 0.3) is 0 Å². The van der Waals surface area contributed by atoms with Gasteiger partial charge in [-0.25, -0.2) is 4.79 Å². The number of thiophene rings is 1. The Morgan fingerprint density at radius 2 is 2.45 bits per heavy atom. The SMILES string of the molecule is C[C@H]1C[C@@]2(CCN1C(=O)O)OCCc1cc(CO)sc12. The van der Waals surface area contributed by atoms with E-state index in [4.69, 9.17) is 4.74 Å². The molecular weight excluding hydrogens is 278 g/mol. The summed E-state index contributed by atoms with van der Waals surface area (Å²) in [6.07, 6.45) is 1.41. The molecule has 0 saturated carbocycles. The molecule has 1 amide bonds. The minimum Gasteiger partial charge on any atom is -0.465 e. The summed E-state index contributed by atoms with van der Waals surface area (Å²) < 4.78 is 6.10. The molecule has 0 bridgehead atoms. The molecule has 2 atom stereocenters. The van der Waals surface area contributed by atoms with Gasteiger partial charge in [0.05, 0.1) is 13.2 Å². The second-order valence-corrected chi connectivity index (χ2v) is 6.73. The summed E-state index contributed by atoms with van der Waals surface area (Å²) in [6.45, 7) is 3.18. The molecular formula is C14H19NO4S. The van der Waals surface area contributed by atoms with Crippen LogP contribution in [-0.2, 0) is 23.4 Å². The molecule has 110 valence electrons. The highest BCUT2D eigenvalue weighted by molar-refractivity contribution is 7.12. The van der Waals surface area contributed by atoms with Crippen molar-refractivity contribution in [3.05, 3.63) is 21.4 Å². The zero-order chi connectivity index (χ0) is 14.3. The Bertz CT molecular complexity index is 529. The molecule has 5 nitrogen and oxygen atoms in total. The molecule has 0 unspecified atom stereocenters. The topological polar surface area (TPSA) is 70.0 Å². The van der Waals surface area contributed by atoms with Crippen LogP contribution >= 0.6 is 11.3 Å². The van der Waals surface area contributed by atoms with Gasteiger partial charge in [-0.15, -0.1) is 11.3 Å². The third-order valence-electron chi connectivity index (χ3n) is 4.34. The number of nitrogens with zero attached hydrogens (tertiary/aromatic N) is 1. The van der Waals surface area contributed by atoms with Crippen LogP contribution in [0, 0.1) is 0 Å². The molecule has 3 heterocycles. The first-order chi connectivity index (χ1) is 9.55. The maximum Gasteiger partial charge on any atom is 0.407 e. The van der Waals surface area contributed by atoms with E-state index in [-0.39, 0.29) is 18.2 Å². The Hall–Kier alpha value is -1.11. The minimum absolute atomic E-state index is 0.0492. The van der Waals surface area contributed by atoms with E-state index in [1.54, 1.807) is 11.3 Å². The van der Waals surface area contributed by atoms with Crippen molar-refractivity contribution < 1.29 is 19.7 Å². The third-order valence-corrected chi connectivity index (χ3v) is 5.69. The van der Waals surface area contributed by atoms with Crippen molar-refractivity contribution in [2.24, 2.45) is 0 Å². The number of aliphatic hydroxyl groups excluding tert-OH is 1. The van der Waals surface area contributed by atoms with Crippen LogP contribution in [0.1, 0.15) is 35.1 Å². The lowest BCUT2D eigenvalue weighted by Gasteiger charge is -2.46. The van der Waals surface area contributed by atoms with E-state index < -0.39 is 6.09 Å². The van der Waals surface area contributed by atoms with Crippen molar-refractivity contribution in [1.82, 2.24) is 4.90 Å². The average molecular weight is 297 g/mol. The van der Waals surface area contributed by atoms with Crippen LogP contribution in [-0.4, -0.2) is 40.4 Å². The molecule has 1 saturated heterocycles. The molecule has 20 heavy (non-hydrogen) atoms. The highest BCUT2D eigenvalue weighted by Crippen LogP contribution is 2.46. The standard InChI is InChI=1S/C14H19NO4S/c1-9-7-14(3-4-15(9)13(17)18)12-10(2-5-19-14)6-11(8-16)20-12/h6,9,16H,2-5,7-8H2,1H3,(H,17,18)/t9-,14+/m0/s1. The number of ether oxygens (including phenoxy) is 1. The Morgan fingerprint density at radius 3 is 3.10 bits per heavy atom. The van der Waals surface area contributed by atoms with Crippen LogP contribution in [0.5, 0.6) is 0 Å². The van der Waals surface area contributed by atoms with Gasteiger partial charge >= 0.3 is 6.09 Å². The largest absolute Gasteiger partial charge is 0.465 e. The van der Waals surface area contributed by atoms with Crippen molar-refractivity contribution in [2.45, 2.75) is 44.4 Å². The number of rotatable bonds is 1. The molecule has 0 aliphatic carbocycles. The molecule has 0 aromatic carbocycles. The zero-order valence-electron chi connectivity index (χ0n) is 11.5. The van der Waals surface area contributed by atoms with Gasteiger partial charge in [0.15, 0.2) is 0 Å². The number of carboxylic acid groups (broad SMARTS) is 1. The fraction of sp³-hybridized carbons (Fsp3) is 0.643. The van der Waals surface area contributed by atoms with Crippen molar-refractivity contribution in [2.75, 3.05) is 13.2 Å². The summed E-state index contributed by atoms with van der Waals surface area (Å²) in [4.78, 5) is 14.8. The second-order valence-electron chi connectivity index (χ2n) is 5.60. The number of carbonyl (C=O) groups is 1. The molecule has 2 aliphatic rings. The lowest BCUT2D eigenvalue weighted by atomic mass is 9.82. The van der Waals surface area contributed by atoms with E-state index in [1.807, 2.05) is 6.92 Å². The van der Waals surface area contributed by atoms with Gasteiger partial charge in [0.1, 0.15) is 5.60 Å². The maximum atomic E-state index is 11.2. The second kappa shape index (κ2) is 5.02. The van der Waals surface area contributed by atoms with Crippen LogP contribution in [0.2, 0.25) is 0 Å². The summed E-state index contributed by atoms with van der Waals surface area (Å²) in [5, 5.41) is 18.5. The first-order valence-electron chi connectivity index (χ1n) is 6.92. The van der Waals surface area contributed by atoms with Crippen molar-refractivity contribution in [1.29, 1.82) is 0 Å². The van der Waals surface area contributed by atoms with E-state index in [9.17, 15) is 15.0 Å². The van der Waals surface area contributed by atoms with Gasteiger partial charge in [-0.3, -0.25) is 0 Å². The molecule has 3 rings (SSSR count). The number of aliphatic hydroxyl groups is 1. The monoisotopic (exact) mass is 297 g/mol. The van der Waals surface area contributed by atoms with Gasteiger partial charge in [0.2, 0.25) is 0 Å². The van der Waals surface area contributed by atoms with Crippen molar-refractivity contribution >= 4 is 17.4 Å². The van der Waals surface area contributed by atoms with Crippen molar-refractivity contribution in [3.8, 4) is 0 Å². The van der Waals surface area contributed by atoms with E-state index >= 15 is 0 Å². The van der Waals surface area contributed by atoms with E-state index in [0.29, 0.717) is 26.0 Å². The molecule has 1 fully saturated rings. The summed E-state index contributed by atoms with van der Waals surface area (Å²) in [5.74, 6) is 0. The first-order valence-corrected chi connectivity index (χ1v) is 7.74. The predicted octanol–water partition coefficient (Wildman–Crippen LogP) is 2.17. The Balaban J connectivity index is 1.91. The summed E-state index contributed by atoms with van der Waals surface area (Å²) >= 11 is 1.61. The number of hydrogen-bond donors (Lipinski definition) is 2. The lowest BCUT2D eigenvalue weighted by Crippen LogP contribution is -2.51. The number of fused-ring (bicyclic) bond motifs is 2. The van der Waals surface area contributed by atoms with Crippen LogP contribution in [0.3, 0.4) is 0 Å². The summed E-state index contributed by atoms with van der Waals surface area (Å²) in [7, 11) is 0. The Morgan fingerprint density at radius 1 is 1.65 bits per heavy atom. The van der Waals surface area contributed by atoms with Crippen molar-refractivity contribution in [3.63, 3.8) is 0 Å². The Kier molecular flexibility index (Phi) is 3.48. The quantitative estimate of drug-likeness (QED) is 0.833. The smallest absolute Gasteiger partial charge is 0.407 e. The first kappa shape index (κ1) is 13.9. The summed E-state index contributed by atoms with van der Waals surface area (Å²) in [5.41, 5.74) is 0.915. The van der Waals surface area contributed by atoms with Crippen LogP contribution in [0.4, 0.5) is 4.79 Å². The van der Waals surface area contributed by atoms with Gasteiger partial charge in [0, 0.05) is 28.8 Å². The number of piperidine rings is 1. The van der Waals surface area contributed by atoms with E-state index in [2.05, 4.69) is 6.07 Å². The minimum atomic E-state index is -0.856. The van der Waals surface area contributed by atoms with Crippen LogP contribution < -0.4 is 0 Å². The fourth-order valence-corrected chi connectivity index (χ4v) is 4.64. The molecule has 1 aromatic heterocycles. The van der Waals surface area contributed by atoms with Gasteiger partial charge < -0.3 is 19.8 Å². The number of amides is 1. The Labute approximate surface area is 121 Å². The zero-order valence-corrected chi connectivity index (χ0v) is 12.3. The molecule has 2 N–H and O–H groups in total. The third kappa shape index (κ3) is 2.12. The van der Waals surface area contributed by atoms with Gasteiger partial charge in [-0.2, -0.15) is 0 Å². The molecule has 1 spiro atoms. The van der Waals surface area contributed by atoms with Gasteiger partial charge in [0.25, 0.3) is 0 Å². The van der Waals surface area contributed by atoms with Gasteiger partial charge in [-0.05, 0) is 31.4 Å². The van der Waals surface area contributed by atoms with E-state index in [1.165, 1.54) is 15.3 Å². The normalized spacial score (nSPS) is 29.5. The summed E-state index contributed by atoms with van der Waals surface area (Å²) in [6, 6.07) is 2.02. The highest BCUT2D eigenvalue weighted by atomic mass is 32.1. The lowest BCUT2D eigenvalue weighted by molar-refractivity contribution is -0.104. The van der Waals surface area contributed by atoms with Crippen LogP contribution in [0.15, 0.2) is 6.07 Å².